The Balaban J connectivity index is 1.93. The van der Waals surface area contributed by atoms with Crippen LogP contribution in [0.25, 0.3) is 0 Å². The van der Waals surface area contributed by atoms with Crippen molar-refractivity contribution in [1.82, 2.24) is 0 Å². The molecule has 41 valence electrons. The minimum Gasteiger partial charge on any atom is -0.384 e. The summed E-state index contributed by atoms with van der Waals surface area (Å²) in [5.41, 5.74) is 0. The Bertz CT molecular complexity index is 48.1. The van der Waals surface area contributed by atoms with Crippen molar-refractivity contribution in [2.45, 2.75) is 12.8 Å². The zero-order chi connectivity index (χ0) is 5.11. The fourth-order valence-electron chi connectivity index (χ4n) is 0.774. The van der Waals surface area contributed by atoms with Crippen LogP contribution in [-0.2, 0) is 4.74 Å². The van der Waals surface area contributed by atoms with E-state index in [2.05, 4.69) is 6.42 Å². The summed E-state index contributed by atoms with van der Waals surface area (Å²) in [7, 11) is 1.76. The Morgan fingerprint density at radius 1 is 1.71 bits per heavy atom. The van der Waals surface area contributed by atoms with Crippen LogP contribution in [0, 0.1) is 12.3 Å². The molecule has 0 N–H and O–H groups in total. The number of methoxy groups -OCH3 is 1. The van der Waals surface area contributed by atoms with E-state index in [4.69, 9.17) is 4.74 Å². The lowest BCUT2D eigenvalue weighted by atomic mass is 9.86. The number of rotatable bonds is 2. The molecule has 0 spiro atoms. The van der Waals surface area contributed by atoms with Gasteiger partial charge < -0.3 is 4.74 Å². The Hall–Kier alpha value is -0.0400. The van der Waals surface area contributed by atoms with Gasteiger partial charge in [-0.05, 0) is 25.2 Å². The molecule has 1 rings (SSSR count). The van der Waals surface area contributed by atoms with E-state index in [1.807, 2.05) is 0 Å². The van der Waals surface area contributed by atoms with Gasteiger partial charge in [-0.3, -0.25) is 0 Å². The molecule has 1 fully saturated rings. The van der Waals surface area contributed by atoms with Crippen LogP contribution < -0.4 is 0 Å². The van der Waals surface area contributed by atoms with E-state index in [0.29, 0.717) is 0 Å². The second kappa shape index (κ2) is 2.31. The second-order valence-electron chi connectivity index (χ2n) is 2.08. The molecular weight excluding hydrogens is 88.1 g/mol. The largest absolute Gasteiger partial charge is 0.384 e. The standard InChI is InChI=1S/C6H11O/c1-7-5-6-3-2-4-6/h2,6H,3-5H2,1H3. The monoisotopic (exact) mass is 99.1 g/mol. The zero-order valence-corrected chi connectivity index (χ0v) is 4.68. The Kier molecular flexibility index (Phi) is 1.69. The van der Waals surface area contributed by atoms with Gasteiger partial charge in [-0.15, -0.1) is 0 Å². The Morgan fingerprint density at radius 3 is 2.57 bits per heavy atom. The van der Waals surface area contributed by atoms with Gasteiger partial charge in [0.2, 0.25) is 0 Å². The lowest BCUT2D eigenvalue weighted by molar-refractivity contribution is 0.132. The molecule has 1 aliphatic rings. The summed E-state index contributed by atoms with van der Waals surface area (Å²) in [6.45, 7) is 0.955. The van der Waals surface area contributed by atoms with Gasteiger partial charge in [0.25, 0.3) is 0 Å². The summed E-state index contributed by atoms with van der Waals surface area (Å²) >= 11 is 0. The molecule has 0 aromatic rings. The molecule has 1 saturated carbocycles. The van der Waals surface area contributed by atoms with Gasteiger partial charge in [0.05, 0.1) is 0 Å². The van der Waals surface area contributed by atoms with Gasteiger partial charge in [0.1, 0.15) is 0 Å². The van der Waals surface area contributed by atoms with E-state index in [1.54, 1.807) is 7.11 Å². The van der Waals surface area contributed by atoms with E-state index in [-0.39, 0.29) is 0 Å². The minimum absolute atomic E-state index is 0.852. The maximum atomic E-state index is 4.93. The lowest BCUT2D eigenvalue weighted by Gasteiger charge is -2.23. The Morgan fingerprint density at radius 2 is 2.43 bits per heavy atom. The van der Waals surface area contributed by atoms with Gasteiger partial charge in [-0.2, -0.15) is 0 Å². The molecule has 1 heteroatoms. The molecule has 0 bridgehead atoms. The first-order chi connectivity index (χ1) is 3.43. The molecule has 0 unspecified atom stereocenters. The predicted molar refractivity (Wildman–Crippen MR) is 28.9 cm³/mol. The molecular formula is C6H11O. The summed E-state index contributed by atoms with van der Waals surface area (Å²) in [5, 5.41) is 0. The van der Waals surface area contributed by atoms with Crippen LogP contribution in [0.1, 0.15) is 12.8 Å². The van der Waals surface area contributed by atoms with Crippen LogP contribution in [0.5, 0.6) is 0 Å². The molecule has 7 heavy (non-hydrogen) atoms. The van der Waals surface area contributed by atoms with Gasteiger partial charge in [0.15, 0.2) is 0 Å². The third-order valence-electron chi connectivity index (χ3n) is 1.40. The van der Waals surface area contributed by atoms with Crippen LogP contribution >= 0.6 is 0 Å². The van der Waals surface area contributed by atoms with E-state index in [9.17, 15) is 0 Å². The van der Waals surface area contributed by atoms with Gasteiger partial charge in [0, 0.05) is 13.7 Å². The number of hydrogen-bond donors (Lipinski definition) is 0. The summed E-state index contributed by atoms with van der Waals surface area (Å²) < 4.78 is 4.93. The fraction of sp³-hybridized carbons (Fsp3) is 0.833. The number of hydrogen-bond acceptors (Lipinski definition) is 1. The maximum Gasteiger partial charge on any atom is 0.0490 e. The van der Waals surface area contributed by atoms with Crippen molar-refractivity contribution in [3.05, 3.63) is 6.42 Å². The highest BCUT2D eigenvalue weighted by molar-refractivity contribution is 4.84. The van der Waals surface area contributed by atoms with Crippen molar-refractivity contribution in [2.24, 2.45) is 5.92 Å². The molecule has 1 aliphatic carbocycles. The second-order valence-corrected chi connectivity index (χ2v) is 2.08. The van der Waals surface area contributed by atoms with Crippen LogP contribution in [0.2, 0.25) is 0 Å². The summed E-state index contributed by atoms with van der Waals surface area (Å²) in [6.07, 6.45) is 4.84. The minimum atomic E-state index is 0.852. The van der Waals surface area contributed by atoms with E-state index in [1.165, 1.54) is 12.8 Å². The molecule has 1 radical (unpaired) electrons. The molecule has 0 aromatic carbocycles. The number of ether oxygens (including phenoxy) is 1. The first-order valence-electron chi connectivity index (χ1n) is 2.74. The van der Waals surface area contributed by atoms with Crippen LogP contribution in [0.15, 0.2) is 0 Å². The van der Waals surface area contributed by atoms with Crippen LogP contribution in [0.4, 0.5) is 0 Å². The van der Waals surface area contributed by atoms with Crippen molar-refractivity contribution in [2.75, 3.05) is 13.7 Å². The van der Waals surface area contributed by atoms with Crippen molar-refractivity contribution in [1.29, 1.82) is 0 Å². The maximum absolute atomic E-state index is 4.93. The summed E-state index contributed by atoms with van der Waals surface area (Å²) in [6, 6.07) is 0. The predicted octanol–water partition coefficient (Wildman–Crippen LogP) is 1.25. The highest BCUT2D eigenvalue weighted by atomic mass is 16.5. The van der Waals surface area contributed by atoms with Crippen LogP contribution in [-0.4, -0.2) is 13.7 Å². The van der Waals surface area contributed by atoms with E-state index in [0.717, 1.165) is 12.5 Å². The molecule has 0 amide bonds. The topological polar surface area (TPSA) is 9.23 Å². The third kappa shape index (κ3) is 1.16. The molecule has 1 nitrogen and oxygen atoms in total. The summed E-state index contributed by atoms with van der Waals surface area (Å²) in [5.74, 6) is 0.852. The molecule has 0 heterocycles. The van der Waals surface area contributed by atoms with E-state index < -0.39 is 0 Å². The fourth-order valence-corrected chi connectivity index (χ4v) is 0.774. The van der Waals surface area contributed by atoms with Crippen molar-refractivity contribution in [3.63, 3.8) is 0 Å². The van der Waals surface area contributed by atoms with Crippen LogP contribution in [0.3, 0.4) is 0 Å². The Labute approximate surface area is 44.7 Å². The zero-order valence-electron chi connectivity index (χ0n) is 4.68. The third-order valence-corrected chi connectivity index (χ3v) is 1.40. The van der Waals surface area contributed by atoms with Gasteiger partial charge in [-0.25, -0.2) is 0 Å². The average Bonchev–Trinajstić information content (AvgIpc) is 1.55. The molecule has 0 aliphatic heterocycles. The van der Waals surface area contributed by atoms with Gasteiger partial charge >= 0.3 is 0 Å². The SMILES string of the molecule is COCC1C[CH]C1. The first kappa shape index (κ1) is 5.10. The molecule has 0 saturated heterocycles. The first-order valence-corrected chi connectivity index (χ1v) is 2.74. The van der Waals surface area contributed by atoms with Crippen molar-refractivity contribution in [3.8, 4) is 0 Å². The summed E-state index contributed by atoms with van der Waals surface area (Å²) in [4.78, 5) is 0. The molecule has 0 aromatic heterocycles. The van der Waals surface area contributed by atoms with E-state index >= 15 is 0 Å². The highest BCUT2D eigenvalue weighted by Crippen LogP contribution is 2.24. The van der Waals surface area contributed by atoms with Gasteiger partial charge in [-0.1, -0.05) is 0 Å². The quantitative estimate of drug-likeness (QED) is 0.506. The molecule has 0 atom stereocenters. The van der Waals surface area contributed by atoms with Crippen molar-refractivity contribution >= 4 is 0 Å². The normalized spacial score (nSPS) is 21.9. The smallest absolute Gasteiger partial charge is 0.0490 e. The highest BCUT2D eigenvalue weighted by Gasteiger charge is 2.16. The van der Waals surface area contributed by atoms with Crippen molar-refractivity contribution < 1.29 is 4.74 Å². The average molecular weight is 99.2 g/mol. The lowest BCUT2D eigenvalue weighted by Crippen LogP contribution is -2.16.